The third kappa shape index (κ3) is 3.23. The molecular formula is C13H12ClNO2. The van der Waals surface area contributed by atoms with Gasteiger partial charge in [-0.2, -0.15) is 0 Å². The Hall–Kier alpha value is -1.50. The fourth-order valence-corrected chi connectivity index (χ4v) is 1.62. The number of nitrogens with one attached hydrogen (secondary N) is 1. The van der Waals surface area contributed by atoms with Crippen LogP contribution in [0.25, 0.3) is 0 Å². The van der Waals surface area contributed by atoms with Crippen molar-refractivity contribution < 1.29 is 9.90 Å². The number of amides is 1. The van der Waals surface area contributed by atoms with Crippen molar-refractivity contribution in [3.63, 3.8) is 0 Å². The molecule has 4 heteroatoms. The number of carbonyl (C=O) groups is 1. The number of hydrogen-bond acceptors (Lipinski definition) is 2. The third-order valence-electron chi connectivity index (χ3n) is 2.49. The van der Waals surface area contributed by atoms with Crippen molar-refractivity contribution in [1.82, 2.24) is 0 Å². The van der Waals surface area contributed by atoms with Crippen LogP contribution in [0.2, 0.25) is 5.02 Å². The van der Waals surface area contributed by atoms with Gasteiger partial charge in [0.25, 0.3) is 0 Å². The predicted molar refractivity (Wildman–Crippen MR) is 66.8 cm³/mol. The Morgan fingerprint density at radius 1 is 1.53 bits per heavy atom. The summed E-state index contributed by atoms with van der Waals surface area (Å²) in [5.41, 5.74) is 1.27. The van der Waals surface area contributed by atoms with Gasteiger partial charge < -0.3 is 10.4 Å². The van der Waals surface area contributed by atoms with Gasteiger partial charge in [0, 0.05) is 16.5 Å². The van der Waals surface area contributed by atoms with Crippen molar-refractivity contribution in [3.05, 3.63) is 28.8 Å². The summed E-state index contributed by atoms with van der Waals surface area (Å²) in [6.45, 7) is -0.210. The molecule has 0 bridgehead atoms. The van der Waals surface area contributed by atoms with E-state index in [-0.39, 0.29) is 18.4 Å². The summed E-state index contributed by atoms with van der Waals surface area (Å²) in [6, 6.07) is 5.10. The summed E-state index contributed by atoms with van der Waals surface area (Å²) in [5, 5.41) is 12.0. The molecule has 0 unspecified atom stereocenters. The van der Waals surface area contributed by atoms with E-state index < -0.39 is 0 Å². The van der Waals surface area contributed by atoms with Crippen molar-refractivity contribution in [2.75, 3.05) is 11.9 Å². The largest absolute Gasteiger partial charge is 0.384 e. The Kier molecular flexibility index (Phi) is 3.68. The van der Waals surface area contributed by atoms with Gasteiger partial charge in [-0.05, 0) is 31.0 Å². The van der Waals surface area contributed by atoms with Crippen LogP contribution >= 0.6 is 11.6 Å². The molecule has 0 aromatic heterocycles. The molecule has 0 spiro atoms. The van der Waals surface area contributed by atoms with Crippen molar-refractivity contribution in [3.8, 4) is 11.8 Å². The summed E-state index contributed by atoms with van der Waals surface area (Å²) in [4.78, 5) is 11.7. The molecule has 0 heterocycles. The van der Waals surface area contributed by atoms with E-state index >= 15 is 0 Å². The van der Waals surface area contributed by atoms with Crippen LogP contribution in [0.4, 0.5) is 5.69 Å². The summed E-state index contributed by atoms with van der Waals surface area (Å²) in [5.74, 6) is 5.48. The third-order valence-corrected chi connectivity index (χ3v) is 2.72. The highest BCUT2D eigenvalue weighted by molar-refractivity contribution is 6.31. The van der Waals surface area contributed by atoms with Crippen LogP contribution in [-0.2, 0) is 4.79 Å². The molecule has 0 aliphatic heterocycles. The van der Waals surface area contributed by atoms with Crippen molar-refractivity contribution in [2.45, 2.75) is 12.8 Å². The molecule has 1 aliphatic carbocycles. The number of carbonyl (C=O) groups excluding carboxylic acids is 1. The van der Waals surface area contributed by atoms with Crippen LogP contribution in [0.15, 0.2) is 18.2 Å². The molecule has 1 aliphatic rings. The standard InChI is InChI=1S/C13H12ClNO2/c14-11-6-5-9(2-1-7-16)12(8-11)15-13(17)10-3-4-10/h5-6,8,10,16H,3-4,7H2,(H,15,17). The number of rotatable bonds is 2. The fourth-order valence-electron chi connectivity index (χ4n) is 1.44. The molecule has 2 rings (SSSR count). The van der Waals surface area contributed by atoms with E-state index in [4.69, 9.17) is 16.7 Å². The number of halogens is 1. The minimum absolute atomic E-state index is 0.0133. The Morgan fingerprint density at radius 3 is 2.94 bits per heavy atom. The van der Waals surface area contributed by atoms with Gasteiger partial charge in [-0.25, -0.2) is 0 Å². The maximum Gasteiger partial charge on any atom is 0.227 e. The molecule has 1 saturated carbocycles. The lowest BCUT2D eigenvalue weighted by atomic mass is 10.1. The maximum absolute atomic E-state index is 11.7. The lowest BCUT2D eigenvalue weighted by molar-refractivity contribution is -0.117. The Bertz CT molecular complexity index is 498. The first kappa shape index (κ1) is 12.0. The maximum atomic E-state index is 11.7. The fraction of sp³-hybridized carbons (Fsp3) is 0.308. The van der Waals surface area contributed by atoms with Crippen molar-refractivity contribution >= 4 is 23.2 Å². The number of hydrogen-bond donors (Lipinski definition) is 2. The van der Waals surface area contributed by atoms with Gasteiger partial charge in [0.05, 0.1) is 5.69 Å². The lowest BCUT2D eigenvalue weighted by Crippen LogP contribution is -2.14. The Morgan fingerprint density at radius 2 is 2.29 bits per heavy atom. The zero-order valence-corrected chi connectivity index (χ0v) is 9.92. The van der Waals surface area contributed by atoms with Gasteiger partial charge in [0.1, 0.15) is 6.61 Å². The van der Waals surface area contributed by atoms with Crippen LogP contribution in [-0.4, -0.2) is 17.6 Å². The van der Waals surface area contributed by atoms with Crippen LogP contribution in [0.5, 0.6) is 0 Å². The molecule has 0 radical (unpaired) electrons. The summed E-state index contributed by atoms with van der Waals surface area (Å²) < 4.78 is 0. The molecule has 1 fully saturated rings. The van der Waals surface area contributed by atoms with Crippen LogP contribution in [0, 0.1) is 17.8 Å². The first-order valence-corrected chi connectivity index (χ1v) is 5.78. The summed E-state index contributed by atoms with van der Waals surface area (Å²) >= 11 is 5.88. The van der Waals surface area contributed by atoms with Gasteiger partial charge in [-0.15, -0.1) is 0 Å². The molecule has 3 nitrogen and oxygen atoms in total. The molecule has 0 saturated heterocycles. The SMILES string of the molecule is O=C(Nc1cc(Cl)ccc1C#CCO)C1CC1. The summed E-state index contributed by atoms with van der Waals surface area (Å²) in [7, 11) is 0. The molecule has 0 atom stereocenters. The second-order valence-corrected chi connectivity index (χ2v) is 4.35. The first-order chi connectivity index (χ1) is 8.20. The van der Waals surface area contributed by atoms with Crippen molar-refractivity contribution in [2.24, 2.45) is 5.92 Å². The summed E-state index contributed by atoms with van der Waals surface area (Å²) in [6.07, 6.45) is 1.90. The van der Waals surface area contributed by atoms with Crippen LogP contribution in [0.3, 0.4) is 0 Å². The van der Waals surface area contributed by atoms with E-state index in [1.54, 1.807) is 18.2 Å². The number of anilines is 1. The average Bonchev–Trinajstić information content (AvgIpc) is 3.12. The first-order valence-electron chi connectivity index (χ1n) is 5.41. The average molecular weight is 250 g/mol. The lowest BCUT2D eigenvalue weighted by Gasteiger charge is -2.07. The van der Waals surface area contributed by atoms with Crippen molar-refractivity contribution in [1.29, 1.82) is 0 Å². The van der Waals surface area contributed by atoms with Gasteiger partial charge in [-0.3, -0.25) is 4.79 Å². The zero-order valence-electron chi connectivity index (χ0n) is 9.16. The van der Waals surface area contributed by atoms with E-state index in [2.05, 4.69) is 17.2 Å². The van der Waals surface area contributed by atoms with Gasteiger partial charge >= 0.3 is 0 Å². The molecule has 88 valence electrons. The molecule has 17 heavy (non-hydrogen) atoms. The molecule has 1 aromatic rings. The van der Waals surface area contributed by atoms with E-state index in [0.717, 1.165) is 12.8 Å². The van der Waals surface area contributed by atoms with Crippen LogP contribution in [0.1, 0.15) is 18.4 Å². The minimum atomic E-state index is -0.210. The number of aliphatic hydroxyl groups is 1. The molecule has 2 N–H and O–H groups in total. The van der Waals surface area contributed by atoms with Crippen LogP contribution < -0.4 is 5.32 Å². The molecular weight excluding hydrogens is 238 g/mol. The Labute approximate surface area is 105 Å². The van der Waals surface area contributed by atoms with E-state index in [1.165, 1.54) is 0 Å². The number of benzene rings is 1. The van der Waals surface area contributed by atoms with Gasteiger partial charge in [-0.1, -0.05) is 23.4 Å². The minimum Gasteiger partial charge on any atom is -0.384 e. The molecule has 1 aromatic carbocycles. The number of aliphatic hydroxyl groups excluding tert-OH is 1. The highest BCUT2D eigenvalue weighted by Crippen LogP contribution is 2.31. The van der Waals surface area contributed by atoms with Gasteiger partial charge in [0.15, 0.2) is 0 Å². The normalized spacial score (nSPS) is 13.8. The second-order valence-electron chi connectivity index (χ2n) is 3.91. The zero-order chi connectivity index (χ0) is 12.3. The van der Waals surface area contributed by atoms with E-state index in [1.807, 2.05) is 0 Å². The monoisotopic (exact) mass is 249 g/mol. The second kappa shape index (κ2) is 5.22. The highest BCUT2D eigenvalue weighted by Gasteiger charge is 2.29. The topological polar surface area (TPSA) is 49.3 Å². The smallest absolute Gasteiger partial charge is 0.227 e. The quantitative estimate of drug-likeness (QED) is 0.788. The highest BCUT2D eigenvalue weighted by atomic mass is 35.5. The van der Waals surface area contributed by atoms with E-state index in [0.29, 0.717) is 16.3 Å². The molecule has 1 amide bonds. The predicted octanol–water partition coefficient (Wildman–Crippen LogP) is 2.03. The van der Waals surface area contributed by atoms with E-state index in [9.17, 15) is 4.79 Å². The van der Waals surface area contributed by atoms with Gasteiger partial charge in [0.2, 0.25) is 5.91 Å². The Balaban J connectivity index is 2.22.